The summed E-state index contributed by atoms with van der Waals surface area (Å²) in [7, 11) is 1.53. The van der Waals surface area contributed by atoms with E-state index in [0.29, 0.717) is 17.1 Å². The molecule has 1 aliphatic heterocycles. The molecule has 1 heterocycles. The van der Waals surface area contributed by atoms with Crippen LogP contribution in [0.25, 0.3) is 0 Å². The SMILES string of the molecule is COc1cccc(N2CC(C(=O)OCC(=O)NC(=O)Nc3ccc(C)cc3C)CC2=O)c1. The van der Waals surface area contributed by atoms with E-state index in [1.165, 1.54) is 12.0 Å². The van der Waals surface area contributed by atoms with Gasteiger partial charge in [-0.1, -0.05) is 23.8 Å². The number of ether oxygens (including phenoxy) is 2. The highest BCUT2D eigenvalue weighted by Gasteiger charge is 2.36. The Kier molecular flexibility index (Phi) is 7.09. The molecule has 3 rings (SSSR count). The first-order valence-electron chi connectivity index (χ1n) is 10.1. The van der Waals surface area contributed by atoms with Gasteiger partial charge in [0.25, 0.3) is 5.91 Å². The number of imide groups is 1. The Morgan fingerprint density at radius 2 is 1.91 bits per heavy atom. The van der Waals surface area contributed by atoms with Gasteiger partial charge in [0, 0.05) is 30.4 Å². The van der Waals surface area contributed by atoms with Crippen LogP contribution in [0, 0.1) is 19.8 Å². The molecule has 32 heavy (non-hydrogen) atoms. The van der Waals surface area contributed by atoms with Gasteiger partial charge in [-0.15, -0.1) is 0 Å². The zero-order valence-electron chi connectivity index (χ0n) is 18.1. The predicted molar refractivity (Wildman–Crippen MR) is 117 cm³/mol. The smallest absolute Gasteiger partial charge is 0.325 e. The molecule has 0 saturated carbocycles. The summed E-state index contributed by atoms with van der Waals surface area (Å²) in [6, 6.07) is 11.7. The minimum absolute atomic E-state index is 0.0230. The van der Waals surface area contributed by atoms with Crippen LogP contribution in [-0.2, 0) is 19.1 Å². The summed E-state index contributed by atoms with van der Waals surface area (Å²) < 4.78 is 10.2. The van der Waals surface area contributed by atoms with Crippen molar-refractivity contribution in [2.75, 3.05) is 30.5 Å². The Bertz CT molecular complexity index is 1050. The maximum absolute atomic E-state index is 12.3. The average molecular weight is 439 g/mol. The third-order valence-electron chi connectivity index (χ3n) is 5.05. The number of rotatable bonds is 6. The number of methoxy groups -OCH3 is 1. The molecule has 1 fully saturated rings. The molecule has 1 unspecified atom stereocenters. The van der Waals surface area contributed by atoms with Crippen LogP contribution < -0.4 is 20.3 Å². The number of hydrogen-bond acceptors (Lipinski definition) is 6. The Morgan fingerprint density at radius 1 is 1.12 bits per heavy atom. The Morgan fingerprint density at radius 3 is 2.62 bits per heavy atom. The minimum atomic E-state index is -0.769. The predicted octanol–water partition coefficient (Wildman–Crippen LogP) is 2.56. The monoisotopic (exact) mass is 439 g/mol. The second-order valence-electron chi connectivity index (χ2n) is 7.54. The highest BCUT2D eigenvalue weighted by Crippen LogP contribution is 2.28. The highest BCUT2D eigenvalue weighted by atomic mass is 16.5. The van der Waals surface area contributed by atoms with Gasteiger partial charge in [-0.05, 0) is 37.6 Å². The number of carbonyl (C=O) groups excluding carboxylic acids is 4. The molecule has 1 aliphatic rings. The van der Waals surface area contributed by atoms with Crippen LogP contribution in [0.5, 0.6) is 5.75 Å². The van der Waals surface area contributed by atoms with Gasteiger partial charge in [-0.2, -0.15) is 0 Å². The van der Waals surface area contributed by atoms with E-state index in [0.717, 1.165) is 11.1 Å². The summed E-state index contributed by atoms with van der Waals surface area (Å²) in [5, 5.41) is 4.69. The molecular weight excluding hydrogens is 414 g/mol. The fourth-order valence-corrected chi connectivity index (χ4v) is 3.42. The van der Waals surface area contributed by atoms with Crippen molar-refractivity contribution < 1.29 is 28.7 Å². The van der Waals surface area contributed by atoms with Crippen molar-refractivity contribution >= 4 is 35.2 Å². The highest BCUT2D eigenvalue weighted by molar-refractivity contribution is 6.03. The minimum Gasteiger partial charge on any atom is -0.497 e. The van der Waals surface area contributed by atoms with Crippen molar-refractivity contribution in [1.29, 1.82) is 0 Å². The molecule has 9 heteroatoms. The van der Waals surface area contributed by atoms with Crippen molar-refractivity contribution in [1.82, 2.24) is 5.32 Å². The first-order valence-corrected chi connectivity index (χ1v) is 10.1. The van der Waals surface area contributed by atoms with Crippen molar-refractivity contribution in [2.24, 2.45) is 5.92 Å². The van der Waals surface area contributed by atoms with Crippen LogP contribution in [0.1, 0.15) is 17.5 Å². The van der Waals surface area contributed by atoms with E-state index in [1.807, 2.05) is 26.0 Å². The van der Waals surface area contributed by atoms with Crippen molar-refractivity contribution in [2.45, 2.75) is 20.3 Å². The molecule has 0 aliphatic carbocycles. The molecule has 2 aromatic rings. The fourth-order valence-electron chi connectivity index (χ4n) is 3.42. The van der Waals surface area contributed by atoms with E-state index in [1.54, 1.807) is 30.3 Å². The van der Waals surface area contributed by atoms with Crippen LogP contribution in [-0.4, -0.2) is 44.1 Å². The molecule has 0 bridgehead atoms. The van der Waals surface area contributed by atoms with Gasteiger partial charge in [0.15, 0.2) is 6.61 Å². The molecule has 1 saturated heterocycles. The summed E-state index contributed by atoms with van der Waals surface area (Å²) in [6.07, 6.45) is -0.0230. The van der Waals surface area contributed by atoms with Gasteiger partial charge in [0.2, 0.25) is 5.91 Å². The zero-order chi connectivity index (χ0) is 23.3. The van der Waals surface area contributed by atoms with E-state index in [9.17, 15) is 19.2 Å². The number of urea groups is 1. The maximum atomic E-state index is 12.3. The van der Waals surface area contributed by atoms with Crippen molar-refractivity contribution in [3.05, 3.63) is 53.6 Å². The van der Waals surface area contributed by atoms with Gasteiger partial charge < -0.3 is 19.7 Å². The van der Waals surface area contributed by atoms with Crippen LogP contribution in [0.4, 0.5) is 16.2 Å². The lowest BCUT2D eigenvalue weighted by molar-refractivity contribution is -0.152. The molecule has 1 atom stereocenters. The molecule has 0 aromatic heterocycles. The van der Waals surface area contributed by atoms with E-state index >= 15 is 0 Å². The second kappa shape index (κ2) is 9.95. The van der Waals surface area contributed by atoms with Crippen LogP contribution in [0.15, 0.2) is 42.5 Å². The quantitative estimate of drug-likeness (QED) is 0.669. The standard InChI is InChI=1S/C23H25N3O6/c1-14-7-8-19(15(2)9-14)24-23(30)25-20(27)13-32-22(29)16-10-21(28)26(12-16)17-5-4-6-18(11-17)31-3/h4-9,11,16H,10,12-13H2,1-3H3,(H2,24,25,27,30). The average Bonchev–Trinajstić information content (AvgIpc) is 3.15. The van der Waals surface area contributed by atoms with Crippen LogP contribution in [0.3, 0.4) is 0 Å². The van der Waals surface area contributed by atoms with E-state index < -0.39 is 30.4 Å². The van der Waals surface area contributed by atoms with E-state index in [4.69, 9.17) is 9.47 Å². The number of hydrogen-bond donors (Lipinski definition) is 2. The van der Waals surface area contributed by atoms with Gasteiger partial charge in [0.05, 0.1) is 13.0 Å². The van der Waals surface area contributed by atoms with Crippen molar-refractivity contribution in [3.8, 4) is 5.75 Å². The Labute approximate surface area is 185 Å². The number of anilines is 2. The first-order chi connectivity index (χ1) is 15.3. The molecular formula is C23H25N3O6. The number of benzene rings is 2. The third-order valence-corrected chi connectivity index (χ3v) is 5.05. The normalized spacial score (nSPS) is 15.3. The summed E-state index contributed by atoms with van der Waals surface area (Å²) in [5.41, 5.74) is 3.09. The van der Waals surface area contributed by atoms with Crippen molar-refractivity contribution in [3.63, 3.8) is 0 Å². The summed E-state index contributed by atoms with van der Waals surface area (Å²) in [5.74, 6) is -1.77. The molecule has 9 nitrogen and oxygen atoms in total. The van der Waals surface area contributed by atoms with Gasteiger partial charge >= 0.3 is 12.0 Å². The van der Waals surface area contributed by atoms with Crippen LogP contribution >= 0.6 is 0 Å². The second-order valence-corrected chi connectivity index (χ2v) is 7.54. The Hall–Kier alpha value is -3.88. The lowest BCUT2D eigenvalue weighted by Gasteiger charge is -2.17. The largest absolute Gasteiger partial charge is 0.497 e. The number of nitrogens with zero attached hydrogens (tertiary/aromatic N) is 1. The van der Waals surface area contributed by atoms with Crippen LogP contribution in [0.2, 0.25) is 0 Å². The van der Waals surface area contributed by atoms with E-state index in [-0.39, 0.29) is 18.9 Å². The number of esters is 1. The molecule has 2 aromatic carbocycles. The maximum Gasteiger partial charge on any atom is 0.325 e. The molecule has 0 radical (unpaired) electrons. The van der Waals surface area contributed by atoms with Gasteiger partial charge in [0.1, 0.15) is 5.75 Å². The summed E-state index contributed by atoms with van der Waals surface area (Å²) >= 11 is 0. The Balaban J connectivity index is 1.48. The number of amides is 4. The molecule has 2 N–H and O–H groups in total. The first kappa shape index (κ1) is 22.8. The number of aryl methyl sites for hydroxylation is 2. The molecule has 4 amide bonds. The lowest BCUT2D eigenvalue weighted by Crippen LogP contribution is -2.38. The molecule has 0 spiro atoms. The number of nitrogens with one attached hydrogen (secondary N) is 2. The topological polar surface area (TPSA) is 114 Å². The molecule has 168 valence electrons. The third kappa shape index (κ3) is 5.63. The zero-order valence-corrected chi connectivity index (χ0v) is 18.1. The summed E-state index contributed by atoms with van der Waals surface area (Å²) in [4.78, 5) is 50.2. The lowest BCUT2D eigenvalue weighted by atomic mass is 10.1. The van der Waals surface area contributed by atoms with E-state index in [2.05, 4.69) is 10.6 Å². The number of carbonyl (C=O) groups is 4. The fraction of sp³-hybridized carbons (Fsp3) is 0.304. The van der Waals surface area contributed by atoms with Gasteiger partial charge in [-0.3, -0.25) is 19.7 Å². The summed E-state index contributed by atoms with van der Waals surface area (Å²) in [6.45, 7) is 3.29. The van der Waals surface area contributed by atoms with Gasteiger partial charge in [-0.25, -0.2) is 4.79 Å².